The van der Waals surface area contributed by atoms with Crippen LogP contribution >= 0.6 is 0 Å². The average Bonchev–Trinajstić information content (AvgIpc) is 2.84. The van der Waals surface area contributed by atoms with Gasteiger partial charge in [-0.15, -0.1) is 0 Å². The number of halogens is 1. The van der Waals surface area contributed by atoms with Crippen LogP contribution in [-0.4, -0.2) is 17.4 Å². The Morgan fingerprint density at radius 2 is 1.86 bits per heavy atom. The molecule has 3 rings (SSSR count). The monoisotopic (exact) mass is 285 g/mol. The van der Waals surface area contributed by atoms with Crippen LogP contribution in [0, 0.1) is 5.82 Å². The van der Waals surface area contributed by atoms with Crippen molar-refractivity contribution in [2.75, 3.05) is 17.6 Å². The van der Waals surface area contributed by atoms with E-state index in [2.05, 4.69) is 22.3 Å². The maximum absolute atomic E-state index is 13.1. The Hall–Kier alpha value is -2.40. The Morgan fingerprint density at radius 3 is 2.48 bits per heavy atom. The number of hydrogen-bond donors (Lipinski definition) is 2. The summed E-state index contributed by atoms with van der Waals surface area (Å²) in [7, 11) is 0. The van der Waals surface area contributed by atoms with Crippen molar-refractivity contribution >= 4 is 17.3 Å². The van der Waals surface area contributed by atoms with Crippen LogP contribution in [-0.2, 0) is 17.9 Å². The third kappa shape index (κ3) is 3.03. The quantitative estimate of drug-likeness (QED) is 0.851. The van der Waals surface area contributed by atoms with Gasteiger partial charge in [0.25, 0.3) is 0 Å². The van der Waals surface area contributed by atoms with Gasteiger partial charge < -0.3 is 11.1 Å². The van der Waals surface area contributed by atoms with Gasteiger partial charge in [-0.05, 0) is 29.3 Å². The van der Waals surface area contributed by atoms with E-state index in [0.29, 0.717) is 12.2 Å². The van der Waals surface area contributed by atoms with Crippen LogP contribution in [0.5, 0.6) is 0 Å². The summed E-state index contributed by atoms with van der Waals surface area (Å²) in [5.41, 5.74) is 8.54. The van der Waals surface area contributed by atoms with Crippen LogP contribution in [0.25, 0.3) is 0 Å². The van der Waals surface area contributed by atoms with Gasteiger partial charge in [-0.3, -0.25) is 9.69 Å². The van der Waals surface area contributed by atoms with Gasteiger partial charge in [-0.2, -0.15) is 0 Å². The van der Waals surface area contributed by atoms with Crippen LogP contribution in [0.2, 0.25) is 0 Å². The Morgan fingerprint density at radius 1 is 1.19 bits per heavy atom. The first-order valence-electron chi connectivity index (χ1n) is 6.76. The number of benzene rings is 2. The normalized spacial score (nSPS) is 14.0. The molecule has 0 aliphatic carbocycles. The lowest BCUT2D eigenvalue weighted by Crippen LogP contribution is -2.29. The summed E-state index contributed by atoms with van der Waals surface area (Å²) < 4.78 is 13.1. The lowest BCUT2D eigenvalue weighted by Gasteiger charge is -2.14. The zero-order valence-corrected chi connectivity index (χ0v) is 11.5. The molecule has 0 spiro atoms. The summed E-state index contributed by atoms with van der Waals surface area (Å²) in [6.07, 6.45) is 0. The highest BCUT2D eigenvalue weighted by Gasteiger charge is 2.20. The van der Waals surface area contributed by atoms with Crippen LogP contribution in [0.3, 0.4) is 0 Å². The minimum absolute atomic E-state index is 0.0291. The number of nitrogens with zero attached hydrogens (tertiary/aromatic N) is 1. The van der Waals surface area contributed by atoms with Gasteiger partial charge in [0.05, 0.1) is 12.2 Å². The van der Waals surface area contributed by atoms with E-state index in [-0.39, 0.29) is 11.6 Å². The van der Waals surface area contributed by atoms with Gasteiger partial charge in [0.2, 0.25) is 5.91 Å². The molecule has 0 bridgehead atoms. The van der Waals surface area contributed by atoms with Gasteiger partial charge in [-0.25, -0.2) is 4.39 Å². The second kappa shape index (κ2) is 5.54. The molecule has 2 aromatic carbocycles. The minimum atomic E-state index is -0.483. The summed E-state index contributed by atoms with van der Waals surface area (Å²) in [6.45, 7) is 1.84. The lowest BCUT2D eigenvalue weighted by molar-refractivity contribution is -0.117. The smallest absolute Gasteiger partial charge is 0.238 e. The first kappa shape index (κ1) is 13.6. The van der Waals surface area contributed by atoms with Crippen molar-refractivity contribution < 1.29 is 9.18 Å². The molecule has 5 heteroatoms. The number of hydrogen-bond acceptors (Lipinski definition) is 3. The van der Waals surface area contributed by atoms with Crippen LogP contribution < -0.4 is 11.1 Å². The Kier molecular flexibility index (Phi) is 3.58. The van der Waals surface area contributed by atoms with Crippen molar-refractivity contribution in [3.05, 3.63) is 59.4 Å². The number of fused-ring (bicyclic) bond motifs is 1. The Bertz CT molecular complexity index is 662. The first-order valence-corrected chi connectivity index (χ1v) is 6.76. The molecule has 1 aliphatic heterocycles. The first-order chi connectivity index (χ1) is 10.1. The number of nitrogens with two attached hydrogens (primary N) is 1. The van der Waals surface area contributed by atoms with E-state index in [4.69, 9.17) is 5.73 Å². The zero-order chi connectivity index (χ0) is 14.8. The van der Waals surface area contributed by atoms with Gasteiger partial charge >= 0.3 is 0 Å². The van der Waals surface area contributed by atoms with Gasteiger partial charge in [0, 0.05) is 18.8 Å². The van der Waals surface area contributed by atoms with E-state index < -0.39 is 5.82 Å². The number of amides is 1. The summed E-state index contributed by atoms with van der Waals surface area (Å²) in [5.74, 6) is -0.614. The summed E-state index contributed by atoms with van der Waals surface area (Å²) >= 11 is 0. The fourth-order valence-electron chi connectivity index (χ4n) is 2.54. The van der Waals surface area contributed by atoms with Gasteiger partial charge in [0.15, 0.2) is 0 Å². The predicted molar refractivity (Wildman–Crippen MR) is 80.0 cm³/mol. The van der Waals surface area contributed by atoms with Crippen LogP contribution in [0.15, 0.2) is 42.5 Å². The van der Waals surface area contributed by atoms with Crippen molar-refractivity contribution in [1.82, 2.24) is 4.90 Å². The number of anilines is 2. The van der Waals surface area contributed by atoms with Crippen molar-refractivity contribution in [3.8, 4) is 0 Å². The second-order valence-corrected chi connectivity index (χ2v) is 5.20. The number of carbonyl (C=O) groups is 1. The van der Waals surface area contributed by atoms with Gasteiger partial charge in [0.1, 0.15) is 5.82 Å². The average molecular weight is 285 g/mol. The largest absolute Gasteiger partial charge is 0.396 e. The molecule has 0 radical (unpaired) electrons. The minimum Gasteiger partial charge on any atom is -0.396 e. The lowest BCUT2D eigenvalue weighted by atomic mass is 10.1. The van der Waals surface area contributed by atoms with Crippen molar-refractivity contribution in [3.63, 3.8) is 0 Å². The van der Waals surface area contributed by atoms with E-state index in [0.717, 1.165) is 13.1 Å². The molecule has 1 amide bonds. The number of nitrogens with one attached hydrogen (secondary N) is 1. The number of rotatable bonds is 3. The highest BCUT2D eigenvalue weighted by atomic mass is 19.1. The molecular formula is C16H16FN3O. The van der Waals surface area contributed by atoms with Crippen LogP contribution in [0.4, 0.5) is 15.8 Å². The highest BCUT2D eigenvalue weighted by Crippen LogP contribution is 2.22. The van der Waals surface area contributed by atoms with E-state index >= 15 is 0 Å². The second-order valence-electron chi connectivity index (χ2n) is 5.20. The maximum atomic E-state index is 13.1. The van der Waals surface area contributed by atoms with E-state index in [9.17, 15) is 9.18 Å². The molecule has 108 valence electrons. The Labute approximate surface area is 122 Å². The van der Waals surface area contributed by atoms with Crippen LogP contribution in [0.1, 0.15) is 11.1 Å². The fourth-order valence-corrected chi connectivity index (χ4v) is 2.54. The SMILES string of the molecule is Nc1cc(NC(=O)CN2Cc3ccccc3C2)ccc1F. The maximum Gasteiger partial charge on any atom is 0.238 e. The molecule has 0 aromatic heterocycles. The molecule has 0 saturated heterocycles. The molecule has 0 atom stereocenters. The standard InChI is InChI=1S/C16H16FN3O/c17-14-6-5-13(7-15(14)18)19-16(21)10-20-8-11-3-1-2-4-12(11)9-20/h1-7H,8-10,18H2,(H,19,21). The van der Waals surface area contributed by atoms with E-state index in [1.165, 1.54) is 29.3 Å². The summed E-state index contributed by atoms with van der Waals surface area (Å²) in [5, 5.41) is 2.74. The topological polar surface area (TPSA) is 58.4 Å². The molecule has 0 fully saturated rings. The Balaban J connectivity index is 1.59. The molecular weight excluding hydrogens is 269 g/mol. The molecule has 0 unspecified atom stereocenters. The van der Waals surface area contributed by atoms with E-state index in [1.54, 1.807) is 0 Å². The summed E-state index contributed by atoms with van der Waals surface area (Å²) in [4.78, 5) is 14.1. The highest BCUT2D eigenvalue weighted by molar-refractivity contribution is 5.92. The molecule has 3 N–H and O–H groups in total. The molecule has 4 nitrogen and oxygen atoms in total. The molecule has 1 aliphatic rings. The molecule has 1 heterocycles. The molecule has 0 saturated carbocycles. The number of nitrogen functional groups attached to an aromatic ring is 1. The third-order valence-corrected chi connectivity index (χ3v) is 3.55. The van der Waals surface area contributed by atoms with E-state index in [1.807, 2.05) is 12.1 Å². The summed E-state index contributed by atoms with van der Waals surface area (Å²) in [6, 6.07) is 12.3. The molecule has 21 heavy (non-hydrogen) atoms. The molecule has 2 aromatic rings. The fraction of sp³-hybridized carbons (Fsp3) is 0.188. The predicted octanol–water partition coefficient (Wildman–Crippen LogP) is 2.36. The third-order valence-electron chi connectivity index (χ3n) is 3.55. The zero-order valence-electron chi connectivity index (χ0n) is 11.5. The number of carbonyl (C=O) groups excluding carboxylic acids is 1. The van der Waals surface area contributed by atoms with Crippen molar-refractivity contribution in [2.45, 2.75) is 13.1 Å². The van der Waals surface area contributed by atoms with Crippen molar-refractivity contribution in [1.29, 1.82) is 0 Å². The van der Waals surface area contributed by atoms with Gasteiger partial charge in [-0.1, -0.05) is 24.3 Å². The van der Waals surface area contributed by atoms with Crippen molar-refractivity contribution in [2.24, 2.45) is 0 Å².